The Kier molecular flexibility index (Phi) is 8.24. The third kappa shape index (κ3) is 6.93. The maximum Gasteiger partial charge on any atom is 0.414 e. The minimum Gasteiger partial charge on any atom is -0.486 e. The standard InChI is InChI=1S/C28H37N3O6/c1-28(2,3)37-27(34)30(4)21-14-22(25-24(15-21)35-12-13-36-25)26(33)29-16-20-10-11-31(18-23(20)32)17-19-8-6-5-7-9-19/h5-9,14-15,20,23,32H,10-13,16-18H2,1-4H3,(H,29,33)/t20-,23+/m0/s1. The van der Waals surface area contributed by atoms with Crippen molar-refractivity contribution in [1.82, 2.24) is 10.2 Å². The Morgan fingerprint density at radius 3 is 2.59 bits per heavy atom. The molecule has 0 aliphatic carbocycles. The molecule has 0 unspecified atom stereocenters. The highest BCUT2D eigenvalue weighted by Crippen LogP contribution is 2.38. The Labute approximate surface area is 218 Å². The number of nitrogens with one attached hydrogen (secondary N) is 1. The molecule has 0 bridgehead atoms. The van der Waals surface area contributed by atoms with Gasteiger partial charge < -0.3 is 24.6 Å². The number of nitrogens with zero attached hydrogens (tertiary/aromatic N) is 2. The quantitative estimate of drug-likeness (QED) is 0.613. The molecule has 9 heteroatoms. The van der Waals surface area contributed by atoms with E-state index >= 15 is 0 Å². The van der Waals surface area contributed by atoms with Gasteiger partial charge in [-0.05, 0) is 45.4 Å². The van der Waals surface area contributed by atoms with Gasteiger partial charge in [-0.1, -0.05) is 30.3 Å². The van der Waals surface area contributed by atoms with Gasteiger partial charge in [-0.25, -0.2) is 4.79 Å². The van der Waals surface area contributed by atoms with Crippen molar-refractivity contribution < 1.29 is 28.9 Å². The van der Waals surface area contributed by atoms with Gasteiger partial charge in [0.1, 0.15) is 18.8 Å². The largest absolute Gasteiger partial charge is 0.486 e. The van der Waals surface area contributed by atoms with E-state index in [1.807, 2.05) is 18.2 Å². The van der Waals surface area contributed by atoms with Crippen molar-refractivity contribution in [1.29, 1.82) is 0 Å². The van der Waals surface area contributed by atoms with Crippen molar-refractivity contribution in [2.45, 2.75) is 45.4 Å². The molecule has 2 amide bonds. The van der Waals surface area contributed by atoms with E-state index in [-0.39, 0.29) is 17.4 Å². The van der Waals surface area contributed by atoms with Crippen LogP contribution in [0.2, 0.25) is 0 Å². The van der Waals surface area contributed by atoms with E-state index in [2.05, 4.69) is 22.3 Å². The van der Waals surface area contributed by atoms with E-state index in [0.29, 0.717) is 43.5 Å². The van der Waals surface area contributed by atoms with Crippen LogP contribution in [0.15, 0.2) is 42.5 Å². The van der Waals surface area contributed by atoms with Crippen molar-refractivity contribution >= 4 is 17.7 Å². The zero-order valence-electron chi connectivity index (χ0n) is 22.0. The number of ether oxygens (including phenoxy) is 3. The number of rotatable bonds is 6. The molecule has 9 nitrogen and oxygen atoms in total. The molecule has 200 valence electrons. The normalized spacial score (nSPS) is 19.7. The number of fused-ring (bicyclic) bond motifs is 1. The number of anilines is 1. The van der Waals surface area contributed by atoms with Crippen LogP contribution in [0.1, 0.15) is 43.1 Å². The summed E-state index contributed by atoms with van der Waals surface area (Å²) in [6.45, 7) is 8.58. The Morgan fingerprint density at radius 1 is 1.16 bits per heavy atom. The smallest absolute Gasteiger partial charge is 0.414 e. The van der Waals surface area contributed by atoms with Gasteiger partial charge in [0.05, 0.1) is 17.4 Å². The zero-order valence-corrected chi connectivity index (χ0v) is 22.0. The summed E-state index contributed by atoms with van der Waals surface area (Å²) in [6, 6.07) is 13.5. The molecular formula is C28H37N3O6. The van der Waals surface area contributed by atoms with Crippen LogP contribution in [0, 0.1) is 5.92 Å². The Morgan fingerprint density at radius 2 is 1.89 bits per heavy atom. The predicted octanol–water partition coefficient (Wildman–Crippen LogP) is 3.44. The first-order chi connectivity index (χ1) is 17.6. The predicted molar refractivity (Wildman–Crippen MR) is 140 cm³/mol. The molecule has 2 aliphatic rings. The fourth-order valence-corrected chi connectivity index (χ4v) is 4.53. The van der Waals surface area contributed by atoms with E-state index in [1.54, 1.807) is 40.0 Å². The molecule has 2 aliphatic heterocycles. The molecule has 0 aromatic heterocycles. The van der Waals surface area contributed by atoms with E-state index in [4.69, 9.17) is 14.2 Å². The lowest BCUT2D eigenvalue weighted by Gasteiger charge is -2.36. The first-order valence-electron chi connectivity index (χ1n) is 12.7. The third-order valence-corrected chi connectivity index (χ3v) is 6.51. The molecule has 2 atom stereocenters. The van der Waals surface area contributed by atoms with Gasteiger partial charge in [-0.3, -0.25) is 14.6 Å². The Bertz CT molecular complexity index is 1100. The van der Waals surface area contributed by atoms with Gasteiger partial charge >= 0.3 is 6.09 Å². The fraction of sp³-hybridized carbons (Fsp3) is 0.500. The van der Waals surface area contributed by atoms with Crippen molar-refractivity contribution in [2.24, 2.45) is 5.92 Å². The number of carbonyl (C=O) groups excluding carboxylic acids is 2. The second-order valence-corrected chi connectivity index (χ2v) is 10.6. The number of aliphatic hydroxyl groups excluding tert-OH is 1. The number of β-amino-alcohol motifs (C(OH)–C–C–N with tert-alkyl or cyclic N) is 1. The summed E-state index contributed by atoms with van der Waals surface area (Å²) in [4.78, 5) is 29.5. The number of likely N-dealkylation sites (tertiary alicyclic amines) is 1. The number of hydrogen-bond donors (Lipinski definition) is 2. The van der Waals surface area contributed by atoms with Crippen molar-refractivity contribution in [3.63, 3.8) is 0 Å². The van der Waals surface area contributed by atoms with Crippen molar-refractivity contribution in [2.75, 3.05) is 44.8 Å². The second kappa shape index (κ2) is 11.4. The molecule has 4 rings (SSSR count). The van der Waals surface area contributed by atoms with Gasteiger partial charge in [0.15, 0.2) is 11.5 Å². The van der Waals surface area contributed by atoms with Gasteiger partial charge in [-0.2, -0.15) is 0 Å². The monoisotopic (exact) mass is 511 g/mol. The molecule has 2 aromatic carbocycles. The van der Waals surface area contributed by atoms with E-state index < -0.39 is 17.8 Å². The zero-order chi connectivity index (χ0) is 26.6. The highest BCUT2D eigenvalue weighted by atomic mass is 16.6. The first kappa shape index (κ1) is 26.8. The molecule has 0 radical (unpaired) electrons. The molecule has 1 saturated heterocycles. The molecule has 0 saturated carbocycles. The maximum absolute atomic E-state index is 13.3. The lowest BCUT2D eigenvalue weighted by atomic mass is 9.93. The summed E-state index contributed by atoms with van der Waals surface area (Å²) in [5.41, 5.74) is 1.29. The number of carbonyl (C=O) groups is 2. The van der Waals surface area contributed by atoms with Crippen LogP contribution in [-0.4, -0.2) is 73.6 Å². The second-order valence-electron chi connectivity index (χ2n) is 10.6. The van der Waals surface area contributed by atoms with Gasteiger partial charge in [0.25, 0.3) is 5.91 Å². The van der Waals surface area contributed by atoms with Crippen LogP contribution in [0.25, 0.3) is 0 Å². The summed E-state index contributed by atoms with van der Waals surface area (Å²) in [5, 5.41) is 13.7. The third-order valence-electron chi connectivity index (χ3n) is 6.51. The molecule has 37 heavy (non-hydrogen) atoms. The van der Waals surface area contributed by atoms with Crippen molar-refractivity contribution in [3.05, 3.63) is 53.6 Å². The van der Waals surface area contributed by atoms with Gasteiger partial charge in [-0.15, -0.1) is 0 Å². The number of amides is 2. The first-order valence-corrected chi connectivity index (χ1v) is 12.7. The number of hydrogen-bond acceptors (Lipinski definition) is 7. The summed E-state index contributed by atoms with van der Waals surface area (Å²) >= 11 is 0. The maximum atomic E-state index is 13.3. The lowest BCUT2D eigenvalue weighted by Crippen LogP contribution is -2.47. The van der Waals surface area contributed by atoms with Gasteiger partial charge in [0.2, 0.25) is 0 Å². The van der Waals surface area contributed by atoms with Crippen LogP contribution < -0.4 is 19.7 Å². The minimum absolute atomic E-state index is 0.0587. The van der Waals surface area contributed by atoms with Crippen LogP contribution in [0.4, 0.5) is 10.5 Å². The highest BCUT2D eigenvalue weighted by Gasteiger charge is 2.30. The summed E-state index contributed by atoms with van der Waals surface area (Å²) in [5.74, 6) is 0.346. The summed E-state index contributed by atoms with van der Waals surface area (Å²) < 4.78 is 17.0. The van der Waals surface area contributed by atoms with Crippen LogP contribution >= 0.6 is 0 Å². The highest BCUT2D eigenvalue weighted by molar-refractivity contribution is 6.00. The number of benzene rings is 2. The topological polar surface area (TPSA) is 101 Å². The number of piperidine rings is 1. The van der Waals surface area contributed by atoms with Gasteiger partial charge in [0, 0.05) is 38.7 Å². The molecule has 2 heterocycles. The van der Waals surface area contributed by atoms with Crippen LogP contribution in [0.3, 0.4) is 0 Å². The molecule has 1 fully saturated rings. The number of aliphatic hydroxyl groups is 1. The molecule has 2 N–H and O–H groups in total. The van der Waals surface area contributed by atoms with Crippen molar-refractivity contribution in [3.8, 4) is 11.5 Å². The Balaban J connectivity index is 1.41. The van der Waals surface area contributed by atoms with E-state index in [9.17, 15) is 14.7 Å². The summed E-state index contributed by atoms with van der Waals surface area (Å²) in [7, 11) is 1.58. The molecule has 0 spiro atoms. The van der Waals surface area contributed by atoms with Crippen LogP contribution in [-0.2, 0) is 11.3 Å². The summed E-state index contributed by atoms with van der Waals surface area (Å²) in [6.07, 6.45) is -0.315. The average molecular weight is 512 g/mol. The molecule has 2 aromatic rings. The lowest BCUT2D eigenvalue weighted by molar-refractivity contribution is 0.0189. The van der Waals surface area contributed by atoms with E-state index in [0.717, 1.165) is 19.5 Å². The minimum atomic E-state index is -0.656. The van der Waals surface area contributed by atoms with Crippen LogP contribution in [0.5, 0.6) is 11.5 Å². The Hall–Kier alpha value is -3.30. The fourth-order valence-electron chi connectivity index (χ4n) is 4.53. The van der Waals surface area contributed by atoms with E-state index in [1.165, 1.54) is 10.5 Å². The average Bonchev–Trinajstić information content (AvgIpc) is 2.86. The molecular weight excluding hydrogens is 474 g/mol. The SMILES string of the molecule is CN(C(=O)OC(C)(C)C)c1cc2c(c(C(=O)NC[C@@H]3CCN(Cc4ccccc4)C[C@H]3O)c1)OCCO2.